The molecule has 2 N–H and O–H groups in total. The van der Waals surface area contributed by atoms with Crippen molar-refractivity contribution in [3.63, 3.8) is 0 Å². The fourth-order valence-corrected chi connectivity index (χ4v) is 3.18. The van der Waals surface area contributed by atoms with Crippen molar-refractivity contribution in [2.75, 3.05) is 4.90 Å². The second kappa shape index (κ2) is 7.08. The van der Waals surface area contributed by atoms with Crippen LogP contribution in [-0.4, -0.2) is 11.9 Å². The summed E-state index contributed by atoms with van der Waals surface area (Å²) >= 11 is 0. The Bertz CT molecular complexity index is 459. The molecule has 0 aromatic heterocycles. The van der Waals surface area contributed by atoms with Crippen molar-refractivity contribution in [2.45, 2.75) is 59.0 Å². The van der Waals surface area contributed by atoms with E-state index in [1.54, 1.807) is 0 Å². The lowest BCUT2D eigenvalue weighted by atomic mass is 9.82. The normalized spacial score (nSPS) is 22.3. The summed E-state index contributed by atoms with van der Waals surface area (Å²) in [6.07, 6.45) is 4.41. The molecule has 0 atom stereocenters. The zero-order valence-electron chi connectivity index (χ0n) is 13.5. The average molecular weight is 288 g/mol. The fraction of sp³-hybridized carbons (Fsp3) is 0.611. The van der Waals surface area contributed by atoms with Crippen molar-refractivity contribution >= 4 is 11.6 Å². The first-order chi connectivity index (χ1) is 10.0. The van der Waals surface area contributed by atoms with E-state index in [0.29, 0.717) is 6.54 Å². The zero-order valence-corrected chi connectivity index (χ0v) is 13.5. The molecule has 1 fully saturated rings. The smallest absolute Gasteiger partial charge is 0.230 e. The van der Waals surface area contributed by atoms with Gasteiger partial charge in [-0.25, -0.2) is 0 Å². The number of carbonyl (C=O) groups is 1. The summed E-state index contributed by atoms with van der Waals surface area (Å²) in [6.45, 7) is 6.99. The summed E-state index contributed by atoms with van der Waals surface area (Å²) in [4.78, 5) is 14.9. The molecule has 1 aliphatic carbocycles. The Hall–Kier alpha value is -1.35. The molecule has 1 aliphatic rings. The molecule has 0 spiro atoms. The third-order valence-corrected chi connectivity index (χ3v) is 4.57. The van der Waals surface area contributed by atoms with Gasteiger partial charge in [0.05, 0.1) is 0 Å². The average Bonchev–Trinajstić information content (AvgIpc) is 2.48. The highest BCUT2D eigenvalue weighted by Crippen LogP contribution is 2.31. The van der Waals surface area contributed by atoms with E-state index in [1.807, 2.05) is 29.2 Å². The summed E-state index contributed by atoms with van der Waals surface area (Å²) in [6, 6.07) is 8.25. The molecule has 0 aliphatic heterocycles. The van der Waals surface area contributed by atoms with Crippen LogP contribution in [0.2, 0.25) is 0 Å². The van der Waals surface area contributed by atoms with Crippen molar-refractivity contribution in [3.05, 3.63) is 29.8 Å². The molecular formula is C18H28N2O. The van der Waals surface area contributed by atoms with E-state index in [2.05, 4.69) is 20.8 Å². The van der Waals surface area contributed by atoms with E-state index in [1.165, 1.54) is 12.8 Å². The molecule has 0 saturated heterocycles. The number of hydrogen-bond acceptors (Lipinski definition) is 2. The van der Waals surface area contributed by atoms with E-state index in [-0.39, 0.29) is 17.9 Å². The van der Waals surface area contributed by atoms with Gasteiger partial charge in [-0.05, 0) is 63.1 Å². The second-order valence-corrected chi connectivity index (χ2v) is 6.63. The SMILES string of the molecule is CC1CCC(C(=O)N(c2ccc(CN)cc2)C(C)C)CC1. The van der Waals surface area contributed by atoms with Crippen LogP contribution in [0.5, 0.6) is 0 Å². The third-order valence-electron chi connectivity index (χ3n) is 4.57. The van der Waals surface area contributed by atoms with Gasteiger partial charge in [0.1, 0.15) is 0 Å². The fourth-order valence-electron chi connectivity index (χ4n) is 3.18. The van der Waals surface area contributed by atoms with Gasteiger partial charge in [-0.3, -0.25) is 4.79 Å². The minimum atomic E-state index is 0.181. The Morgan fingerprint density at radius 2 is 1.76 bits per heavy atom. The number of nitrogens with zero attached hydrogens (tertiary/aromatic N) is 1. The number of carbonyl (C=O) groups excluding carboxylic acids is 1. The summed E-state index contributed by atoms with van der Waals surface area (Å²) in [5.74, 6) is 1.25. The van der Waals surface area contributed by atoms with Crippen LogP contribution in [-0.2, 0) is 11.3 Å². The maximum Gasteiger partial charge on any atom is 0.230 e. The lowest BCUT2D eigenvalue weighted by Gasteiger charge is -2.33. The summed E-state index contributed by atoms with van der Waals surface area (Å²) in [5, 5.41) is 0. The quantitative estimate of drug-likeness (QED) is 0.918. The highest BCUT2D eigenvalue weighted by molar-refractivity contribution is 5.95. The molecule has 3 heteroatoms. The van der Waals surface area contributed by atoms with Crippen molar-refractivity contribution in [3.8, 4) is 0 Å². The standard InChI is InChI=1S/C18H28N2O/c1-13(2)20(17-10-6-15(12-19)7-11-17)18(21)16-8-4-14(3)5-9-16/h6-7,10-11,13-14,16H,4-5,8-9,12,19H2,1-3H3. The van der Waals surface area contributed by atoms with Crippen molar-refractivity contribution in [1.82, 2.24) is 0 Å². The Morgan fingerprint density at radius 1 is 1.19 bits per heavy atom. The zero-order chi connectivity index (χ0) is 15.4. The first kappa shape index (κ1) is 16.0. The third kappa shape index (κ3) is 3.85. The molecule has 1 aromatic carbocycles. The minimum Gasteiger partial charge on any atom is -0.326 e. The van der Waals surface area contributed by atoms with E-state index >= 15 is 0 Å². The Labute approximate surface area is 128 Å². The van der Waals surface area contributed by atoms with E-state index in [4.69, 9.17) is 5.73 Å². The molecule has 0 heterocycles. The molecule has 21 heavy (non-hydrogen) atoms. The number of rotatable bonds is 4. The Kier molecular flexibility index (Phi) is 5.40. The lowest BCUT2D eigenvalue weighted by molar-refractivity contribution is -0.123. The first-order valence-corrected chi connectivity index (χ1v) is 8.15. The lowest BCUT2D eigenvalue weighted by Crippen LogP contribution is -2.42. The number of amides is 1. The highest BCUT2D eigenvalue weighted by atomic mass is 16.2. The molecule has 0 bridgehead atoms. The molecule has 0 unspecified atom stereocenters. The highest BCUT2D eigenvalue weighted by Gasteiger charge is 2.30. The molecule has 1 saturated carbocycles. The van der Waals surface area contributed by atoms with Crippen LogP contribution >= 0.6 is 0 Å². The van der Waals surface area contributed by atoms with Crippen LogP contribution in [0.4, 0.5) is 5.69 Å². The maximum absolute atomic E-state index is 12.9. The molecule has 116 valence electrons. The summed E-state index contributed by atoms with van der Waals surface area (Å²) in [7, 11) is 0. The van der Waals surface area contributed by atoms with Crippen LogP contribution in [0.3, 0.4) is 0 Å². The van der Waals surface area contributed by atoms with Crippen LogP contribution in [0.15, 0.2) is 24.3 Å². The molecule has 1 aromatic rings. The van der Waals surface area contributed by atoms with Gasteiger partial charge in [0.25, 0.3) is 0 Å². The predicted molar refractivity (Wildman–Crippen MR) is 88.1 cm³/mol. The van der Waals surface area contributed by atoms with Gasteiger partial charge in [0.15, 0.2) is 0 Å². The van der Waals surface area contributed by atoms with E-state index in [0.717, 1.165) is 30.0 Å². The molecule has 2 rings (SSSR count). The number of anilines is 1. The first-order valence-electron chi connectivity index (χ1n) is 8.15. The monoisotopic (exact) mass is 288 g/mol. The van der Waals surface area contributed by atoms with Gasteiger partial charge in [0.2, 0.25) is 5.91 Å². The largest absolute Gasteiger partial charge is 0.326 e. The molecule has 1 amide bonds. The Balaban J connectivity index is 2.15. The topological polar surface area (TPSA) is 46.3 Å². The van der Waals surface area contributed by atoms with Crippen LogP contribution in [0, 0.1) is 11.8 Å². The van der Waals surface area contributed by atoms with Gasteiger partial charge in [-0.1, -0.05) is 19.1 Å². The van der Waals surface area contributed by atoms with Crippen LogP contribution in [0.1, 0.15) is 52.0 Å². The molecule has 3 nitrogen and oxygen atoms in total. The van der Waals surface area contributed by atoms with Gasteiger partial charge in [0, 0.05) is 24.2 Å². The van der Waals surface area contributed by atoms with Gasteiger partial charge >= 0.3 is 0 Å². The Morgan fingerprint density at radius 3 is 2.24 bits per heavy atom. The molecule has 0 radical (unpaired) electrons. The van der Waals surface area contributed by atoms with Gasteiger partial charge in [-0.2, -0.15) is 0 Å². The van der Waals surface area contributed by atoms with Crippen LogP contribution in [0.25, 0.3) is 0 Å². The van der Waals surface area contributed by atoms with E-state index in [9.17, 15) is 4.79 Å². The molecular weight excluding hydrogens is 260 g/mol. The minimum absolute atomic E-state index is 0.181. The number of benzene rings is 1. The summed E-state index contributed by atoms with van der Waals surface area (Å²) < 4.78 is 0. The van der Waals surface area contributed by atoms with Gasteiger partial charge in [-0.15, -0.1) is 0 Å². The van der Waals surface area contributed by atoms with E-state index < -0.39 is 0 Å². The number of nitrogens with two attached hydrogens (primary N) is 1. The van der Waals surface area contributed by atoms with Gasteiger partial charge < -0.3 is 10.6 Å². The number of hydrogen-bond donors (Lipinski definition) is 1. The van der Waals surface area contributed by atoms with Crippen LogP contribution < -0.4 is 10.6 Å². The van der Waals surface area contributed by atoms with Crippen molar-refractivity contribution in [1.29, 1.82) is 0 Å². The second-order valence-electron chi connectivity index (χ2n) is 6.63. The van der Waals surface area contributed by atoms with Crippen molar-refractivity contribution < 1.29 is 4.79 Å². The predicted octanol–water partition coefficient (Wildman–Crippen LogP) is 3.71. The summed E-state index contributed by atoms with van der Waals surface area (Å²) in [5.41, 5.74) is 7.73. The maximum atomic E-state index is 12.9. The van der Waals surface area contributed by atoms with Crippen molar-refractivity contribution in [2.24, 2.45) is 17.6 Å².